The van der Waals surface area contributed by atoms with Crippen LogP contribution in [0.4, 0.5) is 11.4 Å². The van der Waals surface area contributed by atoms with E-state index in [0.717, 1.165) is 0 Å². The van der Waals surface area contributed by atoms with Gasteiger partial charge < -0.3 is 11.5 Å². The minimum absolute atomic E-state index is 0.0442. The second-order valence-corrected chi connectivity index (χ2v) is 6.14. The van der Waals surface area contributed by atoms with E-state index in [1.54, 1.807) is 29.1 Å². The molecule has 19 heavy (non-hydrogen) atoms. The average Bonchev–Trinajstić information content (AvgIpc) is 2.77. The van der Waals surface area contributed by atoms with E-state index in [1.807, 2.05) is 6.92 Å². The fraction of sp³-hybridized carbons (Fsp3) is 0.364. The van der Waals surface area contributed by atoms with Crippen LogP contribution in [0.5, 0.6) is 0 Å². The van der Waals surface area contributed by atoms with Crippen molar-refractivity contribution in [2.75, 3.05) is 17.7 Å². The number of aromatic nitrogens is 4. The van der Waals surface area contributed by atoms with Gasteiger partial charge in [0.05, 0.1) is 11.8 Å². The van der Waals surface area contributed by atoms with Crippen molar-refractivity contribution in [3.8, 4) is 11.4 Å². The Morgan fingerprint density at radius 2 is 2.16 bits per heavy atom. The Morgan fingerprint density at radius 1 is 1.42 bits per heavy atom. The molecule has 2 unspecified atom stereocenters. The van der Waals surface area contributed by atoms with Gasteiger partial charge in [-0.15, -0.1) is 5.10 Å². The van der Waals surface area contributed by atoms with Crippen LogP contribution in [0.2, 0.25) is 0 Å². The van der Waals surface area contributed by atoms with Gasteiger partial charge in [-0.05, 0) is 35.5 Å². The largest absolute Gasteiger partial charge is 0.399 e. The highest BCUT2D eigenvalue weighted by molar-refractivity contribution is 7.84. The average molecular weight is 280 g/mol. The van der Waals surface area contributed by atoms with Gasteiger partial charge in [-0.2, -0.15) is 0 Å². The molecule has 0 saturated heterocycles. The van der Waals surface area contributed by atoms with Crippen molar-refractivity contribution in [3.05, 3.63) is 18.2 Å². The first-order valence-corrected chi connectivity index (χ1v) is 7.35. The lowest BCUT2D eigenvalue weighted by Gasteiger charge is -2.10. The predicted octanol–water partition coefficient (Wildman–Crippen LogP) is 0.271. The van der Waals surface area contributed by atoms with E-state index >= 15 is 0 Å². The van der Waals surface area contributed by atoms with Gasteiger partial charge in [-0.3, -0.25) is 4.21 Å². The number of nitrogen functional groups attached to an aromatic ring is 2. The molecule has 8 heteroatoms. The van der Waals surface area contributed by atoms with Crippen LogP contribution < -0.4 is 11.5 Å². The third-order valence-electron chi connectivity index (χ3n) is 2.85. The molecule has 0 amide bonds. The molecular formula is C11H16N6OS. The van der Waals surface area contributed by atoms with Crippen molar-refractivity contribution in [1.29, 1.82) is 0 Å². The zero-order chi connectivity index (χ0) is 14.0. The normalized spacial score (nSPS) is 14.2. The maximum atomic E-state index is 11.4. The molecule has 7 nitrogen and oxygen atoms in total. The van der Waals surface area contributed by atoms with Crippen molar-refractivity contribution in [2.24, 2.45) is 0 Å². The van der Waals surface area contributed by atoms with E-state index < -0.39 is 10.8 Å². The van der Waals surface area contributed by atoms with Crippen molar-refractivity contribution < 1.29 is 4.21 Å². The monoisotopic (exact) mass is 280 g/mol. The summed E-state index contributed by atoms with van der Waals surface area (Å²) in [4.78, 5) is 0. The van der Waals surface area contributed by atoms with Gasteiger partial charge in [0.15, 0.2) is 5.82 Å². The molecule has 0 aliphatic carbocycles. The van der Waals surface area contributed by atoms with E-state index in [1.165, 1.54) is 0 Å². The van der Waals surface area contributed by atoms with Gasteiger partial charge in [0, 0.05) is 34.0 Å². The van der Waals surface area contributed by atoms with E-state index in [9.17, 15) is 4.21 Å². The highest BCUT2D eigenvalue weighted by Crippen LogP contribution is 2.25. The van der Waals surface area contributed by atoms with Gasteiger partial charge in [-0.25, -0.2) is 4.68 Å². The summed E-state index contributed by atoms with van der Waals surface area (Å²) < 4.78 is 13.0. The van der Waals surface area contributed by atoms with Gasteiger partial charge in [0.2, 0.25) is 0 Å². The van der Waals surface area contributed by atoms with Crippen molar-refractivity contribution in [2.45, 2.75) is 18.7 Å². The second-order valence-electron chi connectivity index (χ2n) is 4.34. The van der Waals surface area contributed by atoms with E-state index in [-0.39, 0.29) is 5.25 Å². The van der Waals surface area contributed by atoms with Gasteiger partial charge >= 0.3 is 0 Å². The van der Waals surface area contributed by atoms with Crippen LogP contribution in [0.15, 0.2) is 18.2 Å². The van der Waals surface area contributed by atoms with Crippen LogP contribution in [-0.2, 0) is 17.3 Å². The van der Waals surface area contributed by atoms with Crippen LogP contribution in [0, 0.1) is 0 Å². The van der Waals surface area contributed by atoms with Crippen LogP contribution in [-0.4, -0.2) is 35.9 Å². The molecule has 0 aliphatic heterocycles. The van der Waals surface area contributed by atoms with Crippen molar-refractivity contribution >= 4 is 22.2 Å². The molecule has 1 heterocycles. The number of nitrogens with two attached hydrogens (primary N) is 2. The first-order valence-electron chi connectivity index (χ1n) is 5.73. The number of rotatable bonds is 4. The van der Waals surface area contributed by atoms with Gasteiger partial charge in [0.1, 0.15) is 0 Å². The topological polar surface area (TPSA) is 113 Å². The summed E-state index contributed by atoms with van der Waals surface area (Å²) in [5.41, 5.74) is 13.4. The fourth-order valence-electron chi connectivity index (χ4n) is 1.65. The maximum absolute atomic E-state index is 11.4. The minimum Gasteiger partial charge on any atom is -0.399 e. The summed E-state index contributed by atoms with van der Waals surface area (Å²) in [6.45, 7) is 2.35. The van der Waals surface area contributed by atoms with Crippen molar-refractivity contribution in [1.82, 2.24) is 20.2 Å². The van der Waals surface area contributed by atoms with Crippen LogP contribution in [0.25, 0.3) is 11.4 Å². The Bertz CT molecular complexity index is 611. The molecule has 0 radical (unpaired) electrons. The smallest absolute Gasteiger partial charge is 0.184 e. The number of hydrogen-bond acceptors (Lipinski definition) is 6. The molecule has 0 fully saturated rings. The molecule has 0 spiro atoms. The summed E-state index contributed by atoms with van der Waals surface area (Å²) in [6.07, 6.45) is 1.66. The fourth-order valence-corrected chi connectivity index (χ4v) is 2.00. The highest BCUT2D eigenvalue weighted by Gasteiger charge is 2.15. The van der Waals surface area contributed by atoms with Crippen LogP contribution in [0.3, 0.4) is 0 Å². The third kappa shape index (κ3) is 2.90. The number of anilines is 2. The lowest BCUT2D eigenvalue weighted by atomic mass is 10.1. The Kier molecular flexibility index (Phi) is 3.79. The Hall–Kier alpha value is -1.96. The van der Waals surface area contributed by atoms with Gasteiger partial charge in [0.25, 0.3) is 0 Å². The molecule has 102 valence electrons. The number of tetrazole rings is 1. The molecular weight excluding hydrogens is 264 g/mol. The maximum Gasteiger partial charge on any atom is 0.184 e. The number of hydrogen-bond donors (Lipinski definition) is 2. The predicted molar refractivity (Wildman–Crippen MR) is 75.6 cm³/mol. The Labute approximate surface area is 113 Å². The zero-order valence-electron chi connectivity index (χ0n) is 10.8. The lowest BCUT2D eigenvalue weighted by Crippen LogP contribution is -2.19. The van der Waals surface area contributed by atoms with E-state index in [4.69, 9.17) is 11.5 Å². The van der Waals surface area contributed by atoms with Crippen LogP contribution >= 0.6 is 0 Å². The molecule has 0 aliphatic rings. The number of nitrogens with zero attached hydrogens (tertiary/aromatic N) is 4. The summed E-state index contributed by atoms with van der Waals surface area (Å²) in [6, 6.07) is 5.18. The lowest BCUT2D eigenvalue weighted by molar-refractivity contribution is 0.579. The molecule has 4 N–H and O–H groups in total. The summed E-state index contributed by atoms with van der Waals surface area (Å²) in [5, 5.41) is 11.5. The Balaban J connectivity index is 2.36. The van der Waals surface area contributed by atoms with E-state index in [2.05, 4.69) is 15.5 Å². The summed E-state index contributed by atoms with van der Waals surface area (Å²) in [7, 11) is -0.936. The minimum atomic E-state index is -0.936. The molecule has 0 saturated carbocycles. The van der Waals surface area contributed by atoms with E-state index in [0.29, 0.717) is 29.3 Å². The molecule has 2 aromatic rings. The second kappa shape index (κ2) is 5.35. The molecule has 2 rings (SSSR count). The molecule has 1 aromatic carbocycles. The molecule has 2 atom stereocenters. The quantitative estimate of drug-likeness (QED) is 0.777. The Morgan fingerprint density at radius 3 is 2.79 bits per heavy atom. The van der Waals surface area contributed by atoms with Crippen LogP contribution in [0.1, 0.15) is 6.92 Å². The molecule has 1 aromatic heterocycles. The van der Waals surface area contributed by atoms with Gasteiger partial charge in [-0.1, -0.05) is 0 Å². The third-order valence-corrected chi connectivity index (χ3v) is 4.13. The summed E-state index contributed by atoms with van der Waals surface area (Å²) >= 11 is 0. The highest BCUT2D eigenvalue weighted by atomic mass is 32.2. The SMILES string of the molecule is CC(Cn1nnnc1-c1ccc(N)cc1N)S(C)=O. The standard InChI is InChI=1S/C11H16N6OS/c1-7(19(2)18)6-17-11(14-15-16-17)9-4-3-8(12)5-10(9)13/h3-5,7H,6,12-13H2,1-2H3. The summed E-state index contributed by atoms with van der Waals surface area (Å²) in [5.74, 6) is 0.551. The zero-order valence-corrected chi connectivity index (χ0v) is 11.6. The number of benzene rings is 1. The first-order chi connectivity index (χ1) is 8.99. The van der Waals surface area contributed by atoms with Crippen molar-refractivity contribution in [3.63, 3.8) is 0 Å². The molecule has 0 bridgehead atoms. The first kappa shape index (κ1) is 13.5.